The lowest BCUT2D eigenvalue weighted by Gasteiger charge is -2.19. The van der Waals surface area contributed by atoms with Crippen LogP contribution in [0.1, 0.15) is 31.9 Å². The van der Waals surface area contributed by atoms with E-state index in [1.165, 1.54) is 22.3 Å². The fraction of sp³-hybridized carbons (Fsp3) is 0.100. The minimum absolute atomic E-state index is 0.189. The molecule has 3 rings (SSSR count). The Morgan fingerprint density at radius 1 is 0.455 bits per heavy atom. The van der Waals surface area contributed by atoms with E-state index in [0.29, 0.717) is 0 Å². The molecule has 0 bridgehead atoms. The van der Waals surface area contributed by atoms with Crippen LogP contribution >= 0.6 is 31.9 Å². The zero-order chi connectivity index (χ0) is 15.4. The Balaban J connectivity index is 2.00. The highest BCUT2D eigenvalue weighted by Crippen LogP contribution is 2.40. The molecule has 0 fully saturated rings. The van der Waals surface area contributed by atoms with Crippen molar-refractivity contribution in [3.63, 3.8) is 0 Å². The summed E-state index contributed by atoms with van der Waals surface area (Å²) in [5.41, 5.74) is 5.12. The minimum Gasteiger partial charge on any atom is -0.0786 e. The SMILES string of the molecule is BrC(c1ccccc1)c1ccccc1C(Br)c1ccccc1. The third kappa shape index (κ3) is 3.34. The molecule has 0 aliphatic carbocycles. The van der Waals surface area contributed by atoms with Crippen molar-refractivity contribution in [2.45, 2.75) is 9.65 Å². The number of rotatable bonds is 4. The molecule has 110 valence electrons. The molecular formula is C20H16Br2. The molecule has 0 heterocycles. The second-order valence-electron chi connectivity index (χ2n) is 5.18. The quantitative estimate of drug-likeness (QED) is 0.418. The largest absolute Gasteiger partial charge is 0.0786 e. The first-order valence-corrected chi connectivity index (χ1v) is 9.07. The lowest BCUT2D eigenvalue weighted by Crippen LogP contribution is -2.01. The average molecular weight is 416 g/mol. The summed E-state index contributed by atoms with van der Waals surface area (Å²) in [6.45, 7) is 0. The molecule has 0 aliphatic heterocycles. The van der Waals surface area contributed by atoms with E-state index in [4.69, 9.17) is 0 Å². The molecule has 0 aromatic heterocycles. The van der Waals surface area contributed by atoms with E-state index >= 15 is 0 Å². The first-order valence-electron chi connectivity index (χ1n) is 7.24. The van der Waals surface area contributed by atoms with Gasteiger partial charge in [-0.2, -0.15) is 0 Å². The predicted molar refractivity (Wildman–Crippen MR) is 101 cm³/mol. The van der Waals surface area contributed by atoms with E-state index in [9.17, 15) is 0 Å². The molecule has 2 unspecified atom stereocenters. The zero-order valence-electron chi connectivity index (χ0n) is 12.0. The number of alkyl halides is 2. The Hall–Kier alpha value is -1.38. The summed E-state index contributed by atoms with van der Waals surface area (Å²) in [6.07, 6.45) is 0. The monoisotopic (exact) mass is 414 g/mol. The van der Waals surface area contributed by atoms with Gasteiger partial charge >= 0.3 is 0 Å². The van der Waals surface area contributed by atoms with E-state index < -0.39 is 0 Å². The summed E-state index contributed by atoms with van der Waals surface area (Å²) in [6, 6.07) is 29.6. The Morgan fingerprint density at radius 2 is 0.773 bits per heavy atom. The Morgan fingerprint density at radius 3 is 1.14 bits per heavy atom. The van der Waals surface area contributed by atoms with E-state index in [0.717, 1.165) is 0 Å². The molecule has 2 heteroatoms. The van der Waals surface area contributed by atoms with E-state index in [1.807, 2.05) is 12.1 Å². The van der Waals surface area contributed by atoms with Crippen LogP contribution in [-0.4, -0.2) is 0 Å². The van der Waals surface area contributed by atoms with Crippen molar-refractivity contribution in [1.82, 2.24) is 0 Å². The molecule has 0 radical (unpaired) electrons. The summed E-state index contributed by atoms with van der Waals surface area (Å²) in [5.74, 6) is 0. The maximum atomic E-state index is 3.86. The molecule has 22 heavy (non-hydrogen) atoms. The van der Waals surface area contributed by atoms with Crippen LogP contribution in [0.5, 0.6) is 0 Å². The summed E-state index contributed by atoms with van der Waals surface area (Å²) < 4.78 is 0. The standard InChI is InChI=1S/C20H16Br2/c21-19(15-9-3-1-4-10-15)17-13-7-8-14-18(17)20(22)16-11-5-2-6-12-16/h1-14,19-20H. The maximum Gasteiger partial charge on any atom is 0.0647 e. The average Bonchev–Trinajstić information content (AvgIpc) is 2.62. The van der Waals surface area contributed by atoms with Crippen molar-refractivity contribution in [2.75, 3.05) is 0 Å². The van der Waals surface area contributed by atoms with Gasteiger partial charge in [0.15, 0.2) is 0 Å². The van der Waals surface area contributed by atoms with Crippen LogP contribution in [0, 0.1) is 0 Å². The van der Waals surface area contributed by atoms with Gasteiger partial charge in [0.1, 0.15) is 0 Å². The lowest BCUT2D eigenvalue weighted by atomic mass is 9.95. The summed E-state index contributed by atoms with van der Waals surface area (Å²) >= 11 is 7.73. The summed E-state index contributed by atoms with van der Waals surface area (Å²) in [4.78, 5) is 0.377. The van der Waals surface area contributed by atoms with Crippen molar-refractivity contribution in [1.29, 1.82) is 0 Å². The van der Waals surface area contributed by atoms with Crippen LogP contribution in [0.3, 0.4) is 0 Å². The van der Waals surface area contributed by atoms with Crippen LogP contribution in [0.25, 0.3) is 0 Å². The van der Waals surface area contributed by atoms with Gasteiger partial charge in [-0.05, 0) is 22.3 Å². The van der Waals surface area contributed by atoms with Gasteiger partial charge < -0.3 is 0 Å². The van der Waals surface area contributed by atoms with Gasteiger partial charge in [-0.3, -0.25) is 0 Å². The smallest absolute Gasteiger partial charge is 0.0647 e. The molecule has 0 nitrogen and oxygen atoms in total. The highest BCUT2D eigenvalue weighted by molar-refractivity contribution is 9.09. The van der Waals surface area contributed by atoms with Crippen molar-refractivity contribution >= 4 is 31.9 Å². The van der Waals surface area contributed by atoms with E-state index in [1.54, 1.807) is 0 Å². The molecular weight excluding hydrogens is 400 g/mol. The van der Waals surface area contributed by atoms with Gasteiger partial charge in [0, 0.05) is 0 Å². The fourth-order valence-electron chi connectivity index (χ4n) is 2.58. The molecule has 3 aromatic carbocycles. The van der Waals surface area contributed by atoms with Crippen LogP contribution in [0.4, 0.5) is 0 Å². The first-order chi connectivity index (χ1) is 10.8. The normalized spacial score (nSPS) is 13.5. The zero-order valence-corrected chi connectivity index (χ0v) is 15.2. The molecule has 2 atom stereocenters. The summed E-state index contributed by atoms with van der Waals surface area (Å²) in [7, 11) is 0. The first kappa shape index (κ1) is 15.5. The van der Waals surface area contributed by atoms with Crippen molar-refractivity contribution < 1.29 is 0 Å². The van der Waals surface area contributed by atoms with Gasteiger partial charge in [-0.1, -0.05) is 117 Å². The van der Waals surface area contributed by atoms with Crippen molar-refractivity contribution in [3.8, 4) is 0 Å². The third-order valence-electron chi connectivity index (χ3n) is 3.73. The Bertz CT molecular complexity index is 658. The topological polar surface area (TPSA) is 0 Å². The van der Waals surface area contributed by atoms with Crippen molar-refractivity contribution in [3.05, 3.63) is 107 Å². The van der Waals surface area contributed by atoms with Gasteiger partial charge in [0.2, 0.25) is 0 Å². The molecule has 0 saturated carbocycles. The van der Waals surface area contributed by atoms with Gasteiger partial charge in [-0.15, -0.1) is 0 Å². The van der Waals surface area contributed by atoms with Crippen LogP contribution in [0.15, 0.2) is 84.9 Å². The molecule has 0 saturated heterocycles. The van der Waals surface area contributed by atoms with Crippen molar-refractivity contribution in [2.24, 2.45) is 0 Å². The second-order valence-corrected chi connectivity index (χ2v) is 7.01. The fourth-order valence-corrected chi connectivity index (χ4v) is 4.02. The maximum absolute atomic E-state index is 3.86. The number of halogens is 2. The van der Waals surface area contributed by atoms with Gasteiger partial charge in [0.25, 0.3) is 0 Å². The second kappa shape index (κ2) is 7.26. The van der Waals surface area contributed by atoms with Crippen LogP contribution < -0.4 is 0 Å². The Labute approximate surface area is 148 Å². The molecule has 3 aromatic rings. The highest BCUT2D eigenvalue weighted by atomic mass is 79.9. The number of hydrogen-bond acceptors (Lipinski definition) is 0. The lowest BCUT2D eigenvalue weighted by molar-refractivity contribution is 1.08. The predicted octanol–water partition coefficient (Wildman–Crippen LogP) is 6.66. The highest BCUT2D eigenvalue weighted by Gasteiger charge is 2.19. The van der Waals surface area contributed by atoms with Gasteiger partial charge in [-0.25, -0.2) is 0 Å². The van der Waals surface area contributed by atoms with Crippen LogP contribution in [0.2, 0.25) is 0 Å². The molecule has 0 amide bonds. The summed E-state index contributed by atoms with van der Waals surface area (Å²) in [5, 5.41) is 0. The third-order valence-corrected chi connectivity index (χ3v) is 5.77. The minimum atomic E-state index is 0.189. The Kier molecular flexibility index (Phi) is 5.12. The molecule has 0 N–H and O–H groups in total. The number of hydrogen-bond donors (Lipinski definition) is 0. The van der Waals surface area contributed by atoms with Crippen LogP contribution in [-0.2, 0) is 0 Å². The van der Waals surface area contributed by atoms with E-state index in [2.05, 4.69) is 105 Å². The number of benzene rings is 3. The molecule has 0 spiro atoms. The van der Waals surface area contributed by atoms with Gasteiger partial charge in [0.05, 0.1) is 9.65 Å². The van der Waals surface area contributed by atoms with E-state index in [-0.39, 0.29) is 9.65 Å². The molecule has 0 aliphatic rings.